The Balaban J connectivity index is 1.47. The number of nitrogens with one attached hydrogen (secondary N) is 2. The molecule has 10 heteroatoms. The summed E-state index contributed by atoms with van der Waals surface area (Å²) in [5.74, 6) is -1.17. The van der Waals surface area contributed by atoms with Gasteiger partial charge in [0.05, 0.1) is 23.3 Å². The van der Waals surface area contributed by atoms with Gasteiger partial charge in [-0.2, -0.15) is 5.10 Å². The third kappa shape index (κ3) is 7.42. The first-order valence-electron chi connectivity index (χ1n) is 9.45. The molecule has 3 rings (SSSR count). The molecule has 168 valence electrons. The third-order valence-corrected chi connectivity index (χ3v) is 5.18. The first-order chi connectivity index (χ1) is 15.8. The van der Waals surface area contributed by atoms with Crippen molar-refractivity contribution in [2.24, 2.45) is 5.10 Å². The Morgan fingerprint density at radius 3 is 2.45 bits per heavy atom. The van der Waals surface area contributed by atoms with Crippen LogP contribution in [0.15, 0.2) is 76.3 Å². The Bertz CT molecular complexity index is 1220. The molecule has 3 aromatic rings. The highest BCUT2D eigenvalue weighted by atomic mass is 79.9. The van der Waals surface area contributed by atoms with Gasteiger partial charge in [0.1, 0.15) is 5.75 Å². The second kappa shape index (κ2) is 11.6. The van der Waals surface area contributed by atoms with Crippen molar-refractivity contribution in [3.8, 4) is 5.75 Å². The first kappa shape index (κ1) is 24.4. The molecular formula is C23H16BrCl2N3O4. The van der Waals surface area contributed by atoms with E-state index in [0.717, 1.165) is 4.47 Å². The predicted octanol–water partition coefficient (Wildman–Crippen LogP) is 4.86. The van der Waals surface area contributed by atoms with E-state index in [1.165, 1.54) is 18.3 Å². The van der Waals surface area contributed by atoms with Gasteiger partial charge in [-0.25, -0.2) is 10.2 Å². The number of hydrogen-bond acceptors (Lipinski definition) is 5. The fourth-order valence-electron chi connectivity index (χ4n) is 2.55. The van der Waals surface area contributed by atoms with Crippen molar-refractivity contribution in [1.82, 2.24) is 10.7 Å². The number of carbonyl (C=O) groups is 3. The largest absolute Gasteiger partial charge is 0.423 e. The van der Waals surface area contributed by atoms with E-state index in [1.807, 2.05) is 0 Å². The second-order valence-electron chi connectivity index (χ2n) is 6.57. The van der Waals surface area contributed by atoms with Crippen molar-refractivity contribution >= 4 is 63.1 Å². The number of ether oxygens (including phenoxy) is 1. The standard InChI is InChI=1S/C23H16BrCl2N3O4/c24-16-3-1-2-15(10-16)22(31)27-13-21(30)29-28-12-14-4-7-18(8-5-14)33-23(32)19-9-6-17(25)11-20(19)26/h1-12H,13H2,(H,27,31)(H,29,30). The Labute approximate surface area is 207 Å². The van der Waals surface area contributed by atoms with Crippen molar-refractivity contribution in [1.29, 1.82) is 0 Å². The van der Waals surface area contributed by atoms with Gasteiger partial charge >= 0.3 is 5.97 Å². The average molecular weight is 549 g/mol. The third-order valence-electron chi connectivity index (χ3n) is 4.14. The predicted molar refractivity (Wildman–Crippen MR) is 130 cm³/mol. The van der Waals surface area contributed by atoms with Gasteiger partial charge < -0.3 is 10.1 Å². The molecule has 3 aromatic carbocycles. The Hall–Kier alpha value is -3.20. The van der Waals surface area contributed by atoms with Gasteiger partial charge in [0.2, 0.25) is 0 Å². The summed E-state index contributed by atoms with van der Waals surface area (Å²) in [7, 11) is 0. The number of halogens is 3. The van der Waals surface area contributed by atoms with Crippen molar-refractivity contribution in [3.05, 3.63) is 97.9 Å². The maximum atomic E-state index is 12.2. The quantitative estimate of drug-likeness (QED) is 0.191. The van der Waals surface area contributed by atoms with Crippen molar-refractivity contribution in [2.75, 3.05) is 6.54 Å². The Morgan fingerprint density at radius 1 is 1.00 bits per heavy atom. The molecule has 0 unspecified atom stereocenters. The van der Waals surface area contributed by atoms with Crippen molar-refractivity contribution < 1.29 is 19.1 Å². The molecule has 0 aromatic heterocycles. The minimum Gasteiger partial charge on any atom is -0.423 e. The van der Waals surface area contributed by atoms with Crippen LogP contribution in [0.2, 0.25) is 10.0 Å². The van der Waals surface area contributed by atoms with Gasteiger partial charge in [-0.15, -0.1) is 0 Å². The normalized spacial score (nSPS) is 10.6. The average Bonchev–Trinajstić information content (AvgIpc) is 2.78. The lowest BCUT2D eigenvalue weighted by Gasteiger charge is -2.06. The van der Waals surface area contributed by atoms with E-state index < -0.39 is 11.9 Å². The van der Waals surface area contributed by atoms with Crippen LogP contribution in [0.25, 0.3) is 0 Å². The number of hydrogen-bond donors (Lipinski definition) is 2. The maximum absolute atomic E-state index is 12.2. The van der Waals surface area contributed by atoms with Crippen LogP contribution in [0.5, 0.6) is 5.75 Å². The van der Waals surface area contributed by atoms with Crippen molar-refractivity contribution in [2.45, 2.75) is 0 Å². The van der Waals surface area contributed by atoms with E-state index in [-0.39, 0.29) is 23.0 Å². The summed E-state index contributed by atoms with van der Waals surface area (Å²) in [6.07, 6.45) is 1.41. The van der Waals surface area contributed by atoms with Gasteiger partial charge in [0.25, 0.3) is 11.8 Å². The molecule has 0 saturated heterocycles. The Kier molecular flexibility index (Phi) is 8.59. The van der Waals surface area contributed by atoms with Crippen LogP contribution in [0.1, 0.15) is 26.3 Å². The van der Waals surface area contributed by atoms with Gasteiger partial charge in [0.15, 0.2) is 0 Å². The fourth-order valence-corrected chi connectivity index (χ4v) is 3.43. The molecular weight excluding hydrogens is 533 g/mol. The summed E-state index contributed by atoms with van der Waals surface area (Å²) in [5, 5.41) is 6.96. The van der Waals surface area contributed by atoms with E-state index in [0.29, 0.717) is 21.9 Å². The van der Waals surface area contributed by atoms with Crippen LogP contribution in [-0.2, 0) is 4.79 Å². The van der Waals surface area contributed by atoms with E-state index in [4.69, 9.17) is 27.9 Å². The van der Waals surface area contributed by atoms with Crippen LogP contribution in [0.3, 0.4) is 0 Å². The van der Waals surface area contributed by atoms with Crippen LogP contribution in [0, 0.1) is 0 Å². The minimum absolute atomic E-state index is 0.194. The van der Waals surface area contributed by atoms with E-state index in [2.05, 4.69) is 31.8 Å². The minimum atomic E-state index is -0.616. The maximum Gasteiger partial charge on any atom is 0.345 e. The molecule has 0 aliphatic carbocycles. The van der Waals surface area contributed by atoms with Crippen molar-refractivity contribution in [3.63, 3.8) is 0 Å². The number of carbonyl (C=O) groups excluding carboxylic acids is 3. The summed E-state index contributed by atoms with van der Waals surface area (Å²) >= 11 is 15.1. The molecule has 7 nitrogen and oxygen atoms in total. The second-order valence-corrected chi connectivity index (χ2v) is 8.33. The summed E-state index contributed by atoms with van der Waals surface area (Å²) in [6.45, 7) is -0.231. The van der Waals surface area contributed by atoms with Gasteiger partial charge in [-0.05, 0) is 66.2 Å². The lowest BCUT2D eigenvalue weighted by atomic mass is 10.2. The summed E-state index contributed by atoms with van der Waals surface area (Å²) in [6, 6.07) is 17.7. The number of rotatable bonds is 7. The smallest absolute Gasteiger partial charge is 0.345 e. The highest BCUT2D eigenvalue weighted by molar-refractivity contribution is 9.10. The van der Waals surface area contributed by atoms with E-state index >= 15 is 0 Å². The van der Waals surface area contributed by atoms with Crippen LogP contribution < -0.4 is 15.5 Å². The zero-order valence-electron chi connectivity index (χ0n) is 16.8. The van der Waals surface area contributed by atoms with Crippen LogP contribution in [0.4, 0.5) is 0 Å². The number of esters is 1. The fraction of sp³-hybridized carbons (Fsp3) is 0.0435. The molecule has 2 N–H and O–H groups in total. The SMILES string of the molecule is O=C(CNC(=O)c1cccc(Br)c1)NN=Cc1ccc(OC(=O)c2ccc(Cl)cc2Cl)cc1. The first-order valence-corrected chi connectivity index (χ1v) is 11.0. The zero-order chi connectivity index (χ0) is 23.8. The molecule has 0 saturated carbocycles. The number of amides is 2. The van der Waals surface area contributed by atoms with Gasteiger partial charge in [0, 0.05) is 15.1 Å². The van der Waals surface area contributed by atoms with Gasteiger partial charge in [-0.3, -0.25) is 9.59 Å². The molecule has 2 amide bonds. The van der Waals surface area contributed by atoms with E-state index in [1.54, 1.807) is 54.6 Å². The molecule has 0 heterocycles. The molecule has 0 aliphatic rings. The van der Waals surface area contributed by atoms with Gasteiger partial charge in [-0.1, -0.05) is 45.2 Å². The number of benzene rings is 3. The zero-order valence-corrected chi connectivity index (χ0v) is 19.9. The molecule has 33 heavy (non-hydrogen) atoms. The monoisotopic (exact) mass is 547 g/mol. The lowest BCUT2D eigenvalue weighted by molar-refractivity contribution is -0.120. The molecule has 0 radical (unpaired) electrons. The highest BCUT2D eigenvalue weighted by Gasteiger charge is 2.13. The summed E-state index contributed by atoms with van der Waals surface area (Å²) in [4.78, 5) is 36.1. The molecule has 0 aliphatic heterocycles. The molecule has 0 atom stereocenters. The summed E-state index contributed by atoms with van der Waals surface area (Å²) in [5.41, 5.74) is 3.60. The topological polar surface area (TPSA) is 96.9 Å². The summed E-state index contributed by atoms with van der Waals surface area (Å²) < 4.78 is 6.06. The molecule has 0 spiro atoms. The number of hydrazone groups is 1. The highest BCUT2D eigenvalue weighted by Crippen LogP contribution is 2.23. The molecule has 0 bridgehead atoms. The molecule has 0 fully saturated rings. The van der Waals surface area contributed by atoms with Crippen LogP contribution >= 0.6 is 39.1 Å². The Morgan fingerprint density at radius 2 is 1.76 bits per heavy atom. The number of nitrogens with zero attached hydrogens (tertiary/aromatic N) is 1. The van der Waals surface area contributed by atoms with Crippen LogP contribution in [-0.4, -0.2) is 30.5 Å². The van der Waals surface area contributed by atoms with E-state index in [9.17, 15) is 14.4 Å². The lowest BCUT2D eigenvalue weighted by Crippen LogP contribution is -2.34.